The standard InChI is InChI=1S/C10H17NO5S2/c1-3-18(15,16)8-6-11(7-8)9(12)10(4-5-10)17(2,13)14/h8H,3-7H2,1-2H3. The van der Waals surface area contributed by atoms with Crippen molar-refractivity contribution in [1.82, 2.24) is 4.90 Å². The van der Waals surface area contributed by atoms with Gasteiger partial charge in [-0.15, -0.1) is 0 Å². The maximum Gasteiger partial charge on any atom is 0.244 e. The van der Waals surface area contributed by atoms with Crippen LogP contribution in [-0.2, 0) is 24.5 Å². The van der Waals surface area contributed by atoms with E-state index in [1.807, 2.05) is 0 Å². The molecule has 0 aromatic rings. The molecule has 0 atom stereocenters. The average molecular weight is 295 g/mol. The molecular formula is C10H17NO5S2. The number of likely N-dealkylation sites (tertiary alicyclic amines) is 1. The molecule has 0 N–H and O–H groups in total. The van der Waals surface area contributed by atoms with Gasteiger partial charge < -0.3 is 4.90 Å². The van der Waals surface area contributed by atoms with Gasteiger partial charge in [0.2, 0.25) is 5.91 Å². The van der Waals surface area contributed by atoms with Crippen LogP contribution in [0.4, 0.5) is 0 Å². The van der Waals surface area contributed by atoms with E-state index in [-0.39, 0.29) is 18.8 Å². The monoisotopic (exact) mass is 295 g/mol. The van der Waals surface area contributed by atoms with E-state index in [0.717, 1.165) is 6.26 Å². The maximum atomic E-state index is 12.1. The second-order valence-electron chi connectivity index (χ2n) is 5.05. The van der Waals surface area contributed by atoms with Crippen molar-refractivity contribution >= 4 is 25.6 Å². The minimum Gasteiger partial charge on any atom is -0.339 e. The third kappa shape index (κ3) is 1.95. The molecular weight excluding hydrogens is 278 g/mol. The number of sulfone groups is 2. The zero-order valence-electron chi connectivity index (χ0n) is 10.4. The number of carbonyl (C=O) groups excluding carboxylic acids is 1. The van der Waals surface area contributed by atoms with Gasteiger partial charge in [-0.3, -0.25) is 4.79 Å². The van der Waals surface area contributed by atoms with E-state index in [9.17, 15) is 21.6 Å². The Bertz CT molecular complexity index is 567. The Morgan fingerprint density at radius 2 is 1.72 bits per heavy atom. The summed E-state index contributed by atoms with van der Waals surface area (Å²) in [6.07, 6.45) is 1.77. The van der Waals surface area contributed by atoms with E-state index in [4.69, 9.17) is 0 Å². The van der Waals surface area contributed by atoms with Crippen molar-refractivity contribution in [3.8, 4) is 0 Å². The first-order chi connectivity index (χ1) is 8.14. The fourth-order valence-corrected chi connectivity index (χ4v) is 4.79. The van der Waals surface area contributed by atoms with Gasteiger partial charge in [0.05, 0.1) is 5.25 Å². The van der Waals surface area contributed by atoms with E-state index in [0.29, 0.717) is 12.8 Å². The molecule has 0 aromatic carbocycles. The Labute approximate surface area is 107 Å². The lowest BCUT2D eigenvalue weighted by Gasteiger charge is -2.40. The lowest BCUT2D eigenvalue weighted by atomic mass is 10.2. The maximum absolute atomic E-state index is 12.1. The SMILES string of the molecule is CCS(=O)(=O)C1CN(C(=O)C2(S(C)(=O)=O)CC2)C1. The first-order valence-corrected chi connectivity index (χ1v) is 9.45. The minimum atomic E-state index is -3.41. The lowest BCUT2D eigenvalue weighted by molar-refractivity contribution is -0.134. The predicted octanol–water partition coefficient (Wildman–Crippen LogP) is -0.791. The van der Waals surface area contributed by atoms with Crippen molar-refractivity contribution in [2.24, 2.45) is 0 Å². The summed E-state index contributed by atoms with van der Waals surface area (Å²) in [5.74, 6) is -0.371. The van der Waals surface area contributed by atoms with E-state index >= 15 is 0 Å². The van der Waals surface area contributed by atoms with Crippen LogP contribution in [0.25, 0.3) is 0 Å². The van der Waals surface area contributed by atoms with E-state index < -0.39 is 35.6 Å². The first kappa shape index (κ1) is 13.8. The van der Waals surface area contributed by atoms with Crippen LogP contribution in [0.1, 0.15) is 19.8 Å². The van der Waals surface area contributed by atoms with Crippen LogP contribution in [0.3, 0.4) is 0 Å². The molecule has 0 spiro atoms. The molecule has 1 saturated carbocycles. The summed E-state index contributed by atoms with van der Waals surface area (Å²) in [4.78, 5) is 13.4. The van der Waals surface area contributed by atoms with Crippen LogP contribution < -0.4 is 0 Å². The van der Waals surface area contributed by atoms with Gasteiger partial charge in [-0.25, -0.2) is 16.8 Å². The summed E-state index contributed by atoms with van der Waals surface area (Å²) in [6.45, 7) is 1.83. The van der Waals surface area contributed by atoms with Crippen LogP contribution in [0, 0.1) is 0 Å². The summed E-state index contributed by atoms with van der Waals surface area (Å²) in [5.41, 5.74) is 0. The molecule has 104 valence electrons. The number of amides is 1. The first-order valence-electron chi connectivity index (χ1n) is 5.84. The topological polar surface area (TPSA) is 88.6 Å². The molecule has 8 heteroatoms. The minimum absolute atomic E-state index is 0.0525. The van der Waals surface area contributed by atoms with Gasteiger partial charge in [-0.05, 0) is 12.8 Å². The highest BCUT2D eigenvalue weighted by atomic mass is 32.2. The molecule has 1 aliphatic heterocycles. The molecule has 1 heterocycles. The van der Waals surface area contributed by atoms with Crippen molar-refractivity contribution in [1.29, 1.82) is 0 Å². The molecule has 1 amide bonds. The smallest absolute Gasteiger partial charge is 0.244 e. The zero-order chi connectivity index (χ0) is 13.8. The normalized spacial score (nSPS) is 23.6. The van der Waals surface area contributed by atoms with Gasteiger partial charge in [0.15, 0.2) is 24.4 Å². The molecule has 2 fully saturated rings. The summed E-state index contributed by atoms with van der Waals surface area (Å²) in [6, 6.07) is 0. The fourth-order valence-electron chi connectivity index (χ4n) is 2.21. The Hall–Kier alpha value is -0.630. The Balaban J connectivity index is 2.05. The number of nitrogens with zero attached hydrogens (tertiary/aromatic N) is 1. The second kappa shape index (κ2) is 3.93. The van der Waals surface area contributed by atoms with Gasteiger partial charge in [-0.1, -0.05) is 6.92 Å². The molecule has 0 bridgehead atoms. The largest absolute Gasteiger partial charge is 0.339 e. The van der Waals surface area contributed by atoms with E-state index in [1.165, 1.54) is 4.90 Å². The van der Waals surface area contributed by atoms with Gasteiger partial charge in [0.1, 0.15) is 0 Å². The Morgan fingerprint density at radius 1 is 1.22 bits per heavy atom. The highest BCUT2D eigenvalue weighted by molar-refractivity contribution is 7.93. The van der Waals surface area contributed by atoms with Gasteiger partial charge in [0.25, 0.3) is 0 Å². The average Bonchev–Trinajstić information content (AvgIpc) is 2.93. The van der Waals surface area contributed by atoms with Crippen molar-refractivity contribution in [3.63, 3.8) is 0 Å². The number of hydrogen-bond donors (Lipinski definition) is 0. The summed E-state index contributed by atoms with van der Waals surface area (Å²) >= 11 is 0. The van der Waals surface area contributed by atoms with Crippen LogP contribution in [0.2, 0.25) is 0 Å². The molecule has 1 saturated heterocycles. The van der Waals surface area contributed by atoms with Crippen molar-refractivity contribution in [2.75, 3.05) is 25.1 Å². The van der Waals surface area contributed by atoms with Crippen LogP contribution in [-0.4, -0.2) is 62.7 Å². The highest BCUT2D eigenvalue weighted by Gasteiger charge is 2.61. The second-order valence-corrected chi connectivity index (χ2v) is 9.95. The summed E-state index contributed by atoms with van der Waals surface area (Å²) in [5, 5.41) is -0.526. The van der Waals surface area contributed by atoms with Crippen LogP contribution in [0.15, 0.2) is 0 Å². The lowest BCUT2D eigenvalue weighted by Crippen LogP contribution is -2.60. The molecule has 0 radical (unpaired) electrons. The third-order valence-corrected chi connectivity index (χ3v) is 7.97. The van der Waals surface area contributed by atoms with Gasteiger partial charge in [-0.2, -0.15) is 0 Å². The summed E-state index contributed by atoms with van der Waals surface area (Å²) < 4.78 is 45.0. The van der Waals surface area contributed by atoms with Gasteiger partial charge >= 0.3 is 0 Å². The quantitative estimate of drug-likeness (QED) is 0.678. The molecule has 2 aliphatic rings. The fraction of sp³-hybridized carbons (Fsp3) is 0.900. The molecule has 2 rings (SSSR count). The van der Waals surface area contributed by atoms with E-state index in [2.05, 4.69) is 0 Å². The van der Waals surface area contributed by atoms with Crippen molar-refractivity contribution < 1.29 is 21.6 Å². The van der Waals surface area contributed by atoms with Gasteiger partial charge in [0, 0.05) is 25.1 Å². The highest BCUT2D eigenvalue weighted by Crippen LogP contribution is 2.45. The number of hydrogen-bond acceptors (Lipinski definition) is 5. The Morgan fingerprint density at radius 3 is 2.06 bits per heavy atom. The predicted molar refractivity (Wildman–Crippen MR) is 66.6 cm³/mol. The van der Waals surface area contributed by atoms with Crippen molar-refractivity contribution in [2.45, 2.75) is 29.8 Å². The van der Waals surface area contributed by atoms with Crippen LogP contribution >= 0.6 is 0 Å². The molecule has 6 nitrogen and oxygen atoms in total. The molecule has 0 unspecified atom stereocenters. The molecule has 1 aliphatic carbocycles. The molecule has 18 heavy (non-hydrogen) atoms. The summed E-state index contributed by atoms with van der Waals surface area (Å²) in [7, 11) is -6.54. The zero-order valence-corrected chi connectivity index (χ0v) is 12.1. The van der Waals surface area contributed by atoms with Crippen LogP contribution in [0.5, 0.6) is 0 Å². The third-order valence-electron chi connectivity index (χ3n) is 3.85. The number of rotatable bonds is 4. The molecule has 0 aromatic heterocycles. The van der Waals surface area contributed by atoms with E-state index in [1.54, 1.807) is 6.92 Å². The number of carbonyl (C=O) groups is 1. The Kier molecular flexibility index (Phi) is 3.01. The van der Waals surface area contributed by atoms with Crippen molar-refractivity contribution in [3.05, 3.63) is 0 Å².